The number of aromatic amines is 1. The summed E-state index contributed by atoms with van der Waals surface area (Å²) in [6.45, 7) is 0. The second-order valence-corrected chi connectivity index (χ2v) is 7.27. The first-order valence-electron chi connectivity index (χ1n) is 9.55. The van der Waals surface area contributed by atoms with Crippen molar-refractivity contribution in [2.45, 2.75) is 31.6 Å². The van der Waals surface area contributed by atoms with Crippen LogP contribution in [0.1, 0.15) is 47.5 Å². The Bertz CT molecular complexity index is 1180. The molecule has 0 spiro atoms. The predicted molar refractivity (Wildman–Crippen MR) is 105 cm³/mol. The van der Waals surface area contributed by atoms with Gasteiger partial charge in [-0.3, -0.25) is 4.79 Å². The lowest BCUT2D eigenvalue weighted by molar-refractivity contribution is 0.102. The molecule has 1 aliphatic rings. The van der Waals surface area contributed by atoms with E-state index in [4.69, 9.17) is 4.42 Å². The summed E-state index contributed by atoms with van der Waals surface area (Å²) in [7, 11) is 0. The first kappa shape index (κ1) is 17.5. The van der Waals surface area contributed by atoms with Gasteiger partial charge in [-0.1, -0.05) is 25.0 Å². The third-order valence-corrected chi connectivity index (χ3v) is 5.48. The average Bonchev–Trinajstić information content (AvgIpc) is 3.48. The molecule has 0 radical (unpaired) electrons. The van der Waals surface area contributed by atoms with Gasteiger partial charge < -0.3 is 9.73 Å². The van der Waals surface area contributed by atoms with Crippen LogP contribution in [0.25, 0.3) is 22.4 Å². The maximum Gasteiger partial charge on any atom is 0.259 e. The normalized spacial score (nSPS) is 14.5. The highest BCUT2D eigenvalue weighted by molar-refractivity contribution is 6.12. The third-order valence-electron chi connectivity index (χ3n) is 5.48. The second-order valence-electron chi connectivity index (χ2n) is 7.27. The van der Waals surface area contributed by atoms with Crippen molar-refractivity contribution >= 4 is 22.6 Å². The van der Waals surface area contributed by atoms with E-state index in [0.29, 0.717) is 28.0 Å². The Hall–Kier alpha value is -3.55. The Morgan fingerprint density at radius 2 is 2.03 bits per heavy atom. The molecule has 146 valence electrons. The molecule has 5 rings (SSSR count). The minimum Gasteiger partial charge on any atom is -0.463 e. The van der Waals surface area contributed by atoms with Crippen molar-refractivity contribution in [3.05, 3.63) is 59.6 Å². The van der Waals surface area contributed by atoms with Gasteiger partial charge in [-0.25, -0.2) is 4.39 Å². The number of nitrogens with zero attached hydrogens (tertiary/aromatic N) is 3. The highest BCUT2D eigenvalue weighted by Gasteiger charge is 2.21. The number of furan rings is 1. The lowest BCUT2D eigenvalue weighted by Gasteiger charge is -2.12. The standard InChI is InChI=1S/C21H18FN5O2/c22-18-10-14(6-8-15(18)12-3-1-2-4-12)23-21(28)17-11-29-19-9-13(5-7-16(17)19)20-24-26-27-25-20/h5-12H,1-4H2,(H,23,28)(H,24,25,26,27). The third kappa shape index (κ3) is 3.26. The molecule has 29 heavy (non-hydrogen) atoms. The van der Waals surface area contributed by atoms with E-state index in [9.17, 15) is 9.18 Å². The zero-order chi connectivity index (χ0) is 19.8. The van der Waals surface area contributed by atoms with Crippen molar-refractivity contribution in [3.63, 3.8) is 0 Å². The zero-order valence-corrected chi connectivity index (χ0v) is 15.5. The number of aromatic nitrogens is 4. The minimum atomic E-state index is -0.357. The van der Waals surface area contributed by atoms with Gasteiger partial charge in [0.05, 0.1) is 5.56 Å². The summed E-state index contributed by atoms with van der Waals surface area (Å²) in [5.74, 6) is 0.0960. The molecule has 2 aromatic heterocycles. The molecule has 2 heterocycles. The number of rotatable bonds is 4. The zero-order valence-electron chi connectivity index (χ0n) is 15.5. The summed E-state index contributed by atoms with van der Waals surface area (Å²) in [5, 5.41) is 17.2. The Labute approximate surface area is 165 Å². The fourth-order valence-corrected chi connectivity index (χ4v) is 4.00. The fraction of sp³-hybridized carbons (Fsp3) is 0.238. The van der Waals surface area contributed by atoms with E-state index in [2.05, 4.69) is 25.9 Å². The molecule has 0 atom stereocenters. The number of fused-ring (bicyclic) bond motifs is 1. The lowest BCUT2D eigenvalue weighted by Crippen LogP contribution is -2.12. The molecule has 0 unspecified atom stereocenters. The summed E-state index contributed by atoms with van der Waals surface area (Å²) in [4.78, 5) is 12.7. The van der Waals surface area contributed by atoms with Crippen molar-refractivity contribution in [1.82, 2.24) is 20.6 Å². The number of tetrazole rings is 1. The van der Waals surface area contributed by atoms with Crippen LogP contribution < -0.4 is 5.32 Å². The Morgan fingerprint density at radius 1 is 1.17 bits per heavy atom. The van der Waals surface area contributed by atoms with E-state index in [1.165, 1.54) is 12.3 Å². The Morgan fingerprint density at radius 3 is 2.79 bits per heavy atom. The molecule has 8 heteroatoms. The van der Waals surface area contributed by atoms with Crippen LogP contribution in [0.15, 0.2) is 47.1 Å². The largest absolute Gasteiger partial charge is 0.463 e. The number of halogens is 1. The van der Waals surface area contributed by atoms with Crippen LogP contribution in [0.5, 0.6) is 0 Å². The van der Waals surface area contributed by atoms with Crippen molar-refractivity contribution in [3.8, 4) is 11.4 Å². The molecule has 1 fully saturated rings. The summed E-state index contributed by atoms with van der Waals surface area (Å²) in [5.41, 5.74) is 2.78. The van der Waals surface area contributed by atoms with Crippen LogP contribution in [0.3, 0.4) is 0 Å². The minimum absolute atomic E-state index is 0.267. The molecular formula is C21H18FN5O2. The van der Waals surface area contributed by atoms with Crippen LogP contribution in [0.4, 0.5) is 10.1 Å². The first-order chi connectivity index (χ1) is 14.2. The van der Waals surface area contributed by atoms with E-state index < -0.39 is 0 Å². The van der Waals surface area contributed by atoms with Gasteiger partial charge in [0.2, 0.25) is 5.82 Å². The van der Waals surface area contributed by atoms with E-state index in [0.717, 1.165) is 36.8 Å². The van der Waals surface area contributed by atoms with Gasteiger partial charge in [0, 0.05) is 16.6 Å². The molecular weight excluding hydrogens is 373 g/mol. The van der Waals surface area contributed by atoms with E-state index in [1.807, 2.05) is 0 Å². The summed E-state index contributed by atoms with van der Waals surface area (Å²) in [6.07, 6.45) is 5.73. The predicted octanol–water partition coefficient (Wildman–Crippen LogP) is 4.66. The fourth-order valence-electron chi connectivity index (χ4n) is 4.00. The van der Waals surface area contributed by atoms with E-state index in [-0.39, 0.29) is 17.6 Å². The smallest absolute Gasteiger partial charge is 0.259 e. The van der Waals surface area contributed by atoms with Crippen LogP contribution in [0, 0.1) is 5.82 Å². The molecule has 0 saturated heterocycles. The van der Waals surface area contributed by atoms with Crippen molar-refractivity contribution in [2.75, 3.05) is 5.32 Å². The second kappa shape index (κ2) is 7.12. The monoisotopic (exact) mass is 391 g/mol. The number of carbonyl (C=O) groups excluding carboxylic acids is 1. The lowest BCUT2D eigenvalue weighted by atomic mass is 9.97. The van der Waals surface area contributed by atoms with E-state index in [1.54, 1.807) is 30.3 Å². The Kier molecular flexibility index (Phi) is 4.31. The maximum atomic E-state index is 14.5. The number of H-pyrrole nitrogens is 1. The highest BCUT2D eigenvalue weighted by Crippen LogP contribution is 2.36. The summed E-state index contributed by atoms with van der Waals surface area (Å²) >= 11 is 0. The van der Waals surface area contributed by atoms with Crippen LogP contribution in [-0.4, -0.2) is 26.5 Å². The molecule has 0 aliphatic heterocycles. The number of carbonyl (C=O) groups is 1. The molecule has 7 nitrogen and oxygen atoms in total. The summed E-state index contributed by atoms with van der Waals surface area (Å²) < 4.78 is 20.1. The van der Waals surface area contributed by atoms with Gasteiger partial charge in [0.15, 0.2) is 0 Å². The van der Waals surface area contributed by atoms with Crippen LogP contribution >= 0.6 is 0 Å². The van der Waals surface area contributed by atoms with Gasteiger partial charge in [-0.15, -0.1) is 10.2 Å². The maximum absolute atomic E-state index is 14.5. The quantitative estimate of drug-likeness (QED) is 0.527. The van der Waals surface area contributed by atoms with Crippen molar-refractivity contribution in [2.24, 2.45) is 0 Å². The highest BCUT2D eigenvalue weighted by atomic mass is 19.1. The number of nitrogens with one attached hydrogen (secondary N) is 2. The molecule has 0 bridgehead atoms. The van der Waals surface area contributed by atoms with Gasteiger partial charge in [0.25, 0.3) is 5.91 Å². The number of amides is 1. The van der Waals surface area contributed by atoms with Gasteiger partial charge in [0.1, 0.15) is 17.7 Å². The SMILES string of the molecule is O=C(Nc1ccc(C2CCCC2)c(F)c1)c1coc2cc(-c3nn[nH]n3)ccc12. The molecule has 2 N–H and O–H groups in total. The van der Waals surface area contributed by atoms with Gasteiger partial charge >= 0.3 is 0 Å². The average molecular weight is 391 g/mol. The molecule has 2 aromatic carbocycles. The van der Waals surface area contributed by atoms with E-state index >= 15 is 0 Å². The van der Waals surface area contributed by atoms with Gasteiger partial charge in [-0.2, -0.15) is 5.21 Å². The number of hydrogen-bond donors (Lipinski definition) is 2. The van der Waals surface area contributed by atoms with Crippen LogP contribution in [-0.2, 0) is 0 Å². The molecule has 1 amide bonds. The van der Waals surface area contributed by atoms with Crippen molar-refractivity contribution < 1.29 is 13.6 Å². The molecule has 4 aromatic rings. The first-order valence-corrected chi connectivity index (χ1v) is 9.55. The summed E-state index contributed by atoms with van der Waals surface area (Å²) in [6, 6.07) is 10.2. The topological polar surface area (TPSA) is 96.7 Å². The Balaban J connectivity index is 1.38. The molecule has 1 saturated carbocycles. The number of benzene rings is 2. The van der Waals surface area contributed by atoms with Gasteiger partial charge in [-0.05, 0) is 53.8 Å². The van der Waals surface area contributed by atoms with Crippen molar-refractivity contribution in [1.29, 1.82) is 0 Å². The number of anilines is 1. The molecule has 1 aliphatic carbocycles. The number of hydrogen-bond acceptors (Lipinski definition) is 5. The van der Waals surface area contributed by atoms with Crippen LogP contribution in [0.2, 0.25) is 0 Å².